The highest BCUT2D eigenvalue weighted by Crippen LogP contribution is 2.43. The molecule has 3 rings (SSSR count). The summed E-state index contributed by atoms with van der Waals surface area (Å²) in [6, 6.07) is 8.33. The molecule has 1 aliphatic carbocycles. The first-order chi connectivity index (χ1) is 10.1. The average Bonchev–Trinajstić information content (AvgIpc) is 3.02. The Kier molecular flexibility index (Phi) is 3.73. The molecule has 1 heterocycles. The van der Waals surface area contributed by atoms with Gasteiger partial charge in [-0.2, -0.15) is 5.26 Å². The van der Waals surface area contributed by atoms with Crippen LogP contribution in [0.15, 0.2) is 24.4 Å². The Morgan fingerprint density at radius 2 is 2.14 bits per heavy atom. The maximum Gasteiger partial charge on any atom is 0.0991 e. The minimum Gasteiger partial charge on any atom is -0.350 e. The summed E-state index contributed by atoms with van der Waals surface area (Å²) in [7, 11) is 6.42. The van der Waals surface area contributed by atoms with E-state index >= 15 is 0 Å². The van der Waals surface area contributed by atoms with Crippen molar-refractivity contribution in [2.24, 2.45) is 13.0 Å². The third kappa shape index (κ3) is 2.56. The van der Waals surface area contributed by atoms with E-state index in [0.717, 1.165) is 18.0 Å². The Balaban J connectivity index is 2.05. The van der Waals surface area contributed by atoms with Gasteiger partial charge in [0.1, 0.15) is 0 Å². The van der Waals surface area contributed by atoms with Crippen LogP contribution in [-0.2, 0) is 7.05 Å². The zero-order valence-corrected chi connectivity index (χ0v) is 13.1. The predicted molar refractivity (Wildman–Crippen MR) is 86.3 cm³/mol. The van der Waals surface area contributed by atoms with Crippen molar-refractivity contribution in [1.29, 1.82) is 5.26 Å². The van der Waals surface area contributed by atoms with Crippen molar-refractivity contribution in [3.05, 3.63) is 35.5 Å². The van der Waals surface area contributed by atoms with E-state index in [1.807, 2.05) is 6.07 Å². The molecule has 0 spiro atoms. The van der Waals surface area contributed by atoms with Gasteiger partial charge in [0.15, 0.2) is 0 Å². The third-order valence-corrected chi connectivity index (χ3v) is 4.81. The zero-order valence-electron chi connectivity index (χ0n) is 13.1. The van der Waals surface area contributed by atoms with Crippen LogP contribution in [0.5, 0.6) is 0 Å². The van der Waals surface area contributed by atoms with Gasteiger partial charge < -0.3 is 9.47 Å². The van der Waals surface area contributed by atoms with Crippen molar-refractivity contribution in [2.45, 2.75) is 25.2 Å². The smallest absolute Gasteiger partial charge is 0.0991 e. The number of aromatic nitrogens is 1. The monoisotopic (exact) mass is 281 g/mol. The second-order valence-electron chi connectivity index (χ2n) is 6.60. The highest BCUT2D eigenvalue weighted by Gasteiger charge is 2.30. The normalized spacial score (nSPS) is 22.0. The van der Waals surface area contributed by atoms with Gasteiger partial charge in [0.05, 0.1) is 11.6 Å². The Morgan fingerprint density at radius 3 is 2.86 bits per heavy atom. The molecule has 1 aromatic carbocycles. The zero-order chi connectivity index (χ0) is 15.0. The van der Waals surface area contributed by atoms with Crippen molar-refractivity contribution < 1.29 is 0 Å². The van der Waals surface area contributed by atoms with Crippen LogP contribution in [-0.4, -0.2) is 30.1 Å². The standard InChI is InChI=1S/C18H23N3/c1-20(2)11-14-5-4-6-15(14)17-12-21(3)18-8-7-13(10-19)9-16(17)18/h7-9,12,14-15H,4-6,11H2,1-3H3/t14-,15+/m0/s1. The van der Waals surface area contributed by atoms with Crippen LogP contribution in [0.4, 0.5) is 0 Å². The van der Waals surface area contributed by atoms with Crippen LogP contribution in [0.25, 0.3) is 10.9 Å². The molecule has 0 amide bonds. The number of nitrogens with zero attached hydrogens (tertiary/aromatic N) is 3. The van der Waals surface area contributed by atoms with Gasteiger partial charge in [-0.15, -0.1) is 0 Å². The predicted octanol–water partition coefficient (Wildman–Crippen LogP) is 3.50. The van der Waals surface area contributed by atoms with E-state index in [9.17, 15) is 0 Å². The van der Waals surface area contributed by atoms with Gasteiger partial charge in [-0.1, -0.05) is 6.42 Å². The lowest BCUT2D eigenvalue weighted by Crippen LogP contribution is -2.23. The Hall–Kier alpha value is -1.79. The molecule has 21 heavy (non-hydrogen) atoms. The van der Waals surface area contributed by atoms with Crippen LogP contribution in [0, 0.1) is 17.2 Å². The topological polar surface area (TPSA) is 32.0 Å². The van der Waals surface area contributed by atoms with E-state index in [4.69, 9.17) is 5.26 Å². The van der Waals surface area contributed by atoms with Gasteiger partial charge in [0.2, 0.25) is 0 Å². The molecule has 3 heteroatoms. The van der Waals surface area contributed by atoms with Gasteiger partial charge >= 0.3 is 0 Å². The van der Waals surface area contributed by atoms with Crippen molar-refractivity contribution in [3.63, 3.8) is 0 Å². The first-order valence-corrected chi connectivity index (χ1v) is 7.74. The molecule has 2 atom stereocenters. The first-order valence-electron chi connectivity index (χ1n) is 7.74. The van der Waals surface area contributed by atoms with E-state index in [2.05, 4.69) is 55.0 Å². The largest absolute Gasteiger partial charge is 0.350 e. The van der Waals surface area contributed by atoms with Gasteiger partial charge in [0, 0.05) is 30.7 Å². The highest BCUT2D eigenvalue weighted by atomic mass is 15.1. The molecule has 0 saturated heterocycles. The van der Waals surface area contributed by atoms with E-state index < -0.39 is 0 Å². The van der Waals surface area contributed by atoms with Gasteiger partial charge in [-0.3, -0.25) is 0 Å². The van der Waals surface area contributed by atoms with Crippen molar-refractivity contribution in [1.82, 2.24) is 9.47 Å². The Morgan fingerprint density at radius 1 is 1.33 bits per heavy atom. The van der Waals surface area contributed by atoms with Crippen molar-refractivity contribution >= 4 is 10.9 Å². The minimum absolute atomic E-state index is 0.630. The summed E-state index contributed by atoms with van der Waals surface area (Å²) in [6.45, 7) is 1.15. The quantitative estimate of drug-likeness (QED) is 0.862. The van der Waals surface area contributed by atoms with E-state index in [0.29, 0.717) is 5.92 Å². The number of aryl methyl sites for hydroxylation is 1. The maximum atomic E-state index is 9.17. The number of fused-ring (bicyclic) bond motifs is 1. The molecule has 0 aliphatic heterocycles. The molecule has 0 N–H and O–H groups in total. The van der Waals surface area contributed by atoms with Crippen molar-refractivity contribution in [3.8, 4) is 6.07 Å². The van der Waals surface area contributed by atoms with Crippen molar-refractivity contribution in [2.75, 3.05) is 20.6 Å². The molecule has 110 valence electrons. The van der Waals surface area contributed by atoms with Gasteiger partial charge in [-0.05, 0) is 62.5 Å². The molecule has 0 unspecified atom stereocenters. The molecule has 0 bridgehead atoms. The molecule has 1 aromatic heterocycles. The molecule has 1 aliphatic rings. The number of rotatable bonds is 3. The first kappa shape index (κ1) is 14.2. The van der Waals surface area contributed by atoms with Crippen LogP contribution in [0.2, 0.25) is 0 Å². The van der Waals surface area contributed by atoms with E-state index in [-0.39, 0.29) is 0 Å². The van der Waals surface area contributed by atoms with Crippen LogP contribution in [0.3, 0.4) is 0 Å². The number of hydrogen-bond acceptors (Lipinski definition) is 2. The fourth-order valence-electron chi connectivity index (χ4n) is 3.92. The van der Waals surface area contributed by atoms with Crippen LogP contribution >= 0.6 is 0 Å². The third-order valence-electron chi connectivity index (χ3n) is 4.81. The lowest BCUT2D eigenvalue weighted by atomic mass is 9.88. The lowest BCUT2D eigenvalue weighted by Gasteiger charge is -2.23. The summed E-state index contributed by atoms with van der Waals surface area (Å²) in [4.78, 5) is 2.30. The summed E-state index contributed by atoms with van der Waals surface area (Å²) in [5, 5.41) is 10.4. The molecule has 3 nitrogen and oxygen atoms in total. The molecular weight excluding hydrogens is 258 g/mol. The Bertz CT molecular complexity index is 690. The van der Waals surface area contributed by atoms with Crippen LogP contribution in [0.1, 0.15) is 36.3 Å². The molecule has 1 saturated carbocycles. The highest BCUT2D eigenvalue weighted by molar-refractivity contribution is 5.86. The summed E-state index contributed by atoms with van der Waals surface area (Å²) in [5.41, 5.74) is 3.44. The number of benzene rings is 1. The van der Waals surface area contributed by atoms with Gasteiger partial charge in [-0.25, -0.2) is 0 Å². The fourth-order valence-corrected chi connectivity index (χ4v) is 3.92. The molecule has 0 radical (unpaired) electrons. The summed E-state index contributed by atoms with van der Waals surface area (Å²) in [5.74, 6) is 1.36. The van der Waals surface area contributed by atoms with Crippen LogP contribution < -0.4 is 0 Å². The number of hydrogen-bond donors (Lipinski definition) is 0. The Labute approximate surface area is 126 Å². The number of nitriles is 1. The minimum atomic E-state index is 0.630. The maximum absolute atomic E-state index is 9.17. The van der Waals surface area contributed by atoms with E-state index in [1.54, 1.807) is 0 Å². The SMILES string of the molecule is CN(C)C[C@@H]1CCC[C@H]1c1cn(C)c2ccc(C#N)cc12. The second kappa shape index (κ2) is 5.54. The van der Waals surface area contributed by atoms with Gasteiger partial charge in [0.25, 0.3) is 0 Å². The molecule has 2 aromatic rings. The average molecular weight is 281 g/mol. The fraction of sp³-hybridized carbons (Fsp3) is 0.500. The summed E-state index contributed by atoms with van der Waals surface area (Å²) >= 11 is 0. The molecular formula is C18H23N3. The summed E-state index contributed by atoms with van der Waals surface area (Å²) < 4.78 is 2.21. The second-order valence-corrected chi connectivity index (χ2v) is 6.60. The molecule has 1 fully saturated rings. The lowest BCUT2D eigenvalue weighted by molar-refractivity contribution is 0.310. The summed E-state index contributed by atoms with van der Waals surface area (Å²) in [6.07, 6.45) is 6.19. The van der Waals surface area contributed by atoms with E-state index in [1.165, 1.54) is 35.7 Å².